The first-order valence-corrected chi connectivity index (χ1v) is 31.9. The highest BCUT2D eigenvalue weighted by atomic mass is 16.8. The van der Waals surface area contributed by atoms with Gasteiger partial charge >= 0.3 is 0 Å². The number of aliphatic hydroxyl groups is 11. The van der Waals surface area contributed by atoms with Crippen molar-refractivity contribution in [1.29, 1.82) is 0 Å². The Balaban J connectivity index is 1.40. The van der Waals surface area contributed by atoms with E-state index in [9.17, 15) is 61.0 Å². The van der Waals surface area contributed by atoms with Crippen LogP contribution in [0.25, 0.3) is 0 Å². The first kappa shape index (κ1) is 77.2. The zero-order valence-corrected chi connectivity index (χ0v) is 51.7. The molecule has 3 heterocycles. The minimum absolute atomic E-state index is 0.178. The summed E-state index contributed by atoms with van der Waals surface area (Å²) in [7, 11) is 0. The van der Waals surface area contributed by atoms with Crippen molar-refractivity contribution in [2.75, 3.05) is 26.4 Å². The molecular weight excluding hydrogens is 1120 g/mol. The lowest BCUT2D eigenvalue weighted by Gasteiger charge is -2.48. The van der Waals surface area contributed by atoms with Gasteiger partial charge in [-0.1, -0.05) is 186 Å². The molecule has 19 nitrogen and oxygen atoms in total. The monoisotopic (exact) mass is 1230 g/mol. The molecule has 19 heteroatoms. The molecule has 3 aliphatic heterocycles. The van der Waals surface area contributed by atoms with E-state index < -0.39 is 124 Å². The number of amides is 1. The number of carbonyl (C=O) groups excluding carboxylic acids is 1. The van der Waals surface area contributed by atoms with E-state index >= 15 is 0 Å². The minimum atomic E-state index is -1.99. The third kappa shape index (κ3) is 31.5. The molecule has 3 aliphatic rings. The fourth-order valence-corrected chi connectivity index (χ4v) is 9.74. The van der Waals surface area contributed by atoms with Gasteiger partial charge in [-0.2, -0.15) is 0 Å². The van der Waals surface area contributed by atoms with Crippen LogP contribution in [0.15, 0.2) is 134 Å². The van der Waals surface area contributed by atoms with E-state index in [0.29, 0.717) is 6.42 Å². The van der Waals surface area contributed by atoms with Crippen LogP contribution in [0.1, 0.15) is 155 Å². The quantitative estimate of drug-likeness (QED) is 0.0215. The van der Waals surface area contributed by atoms with E-state index in [1.807, 2.05) is 6.08 Å². The Morgan fingerprint density at radius 2 is 0.793 bits per heavy atom. The van der Waals surface area contributed by atoms with Crippen molar-refractivity contribution in [3.8, 4) is 0 Å². The molecule has 17 unspecified atom stereocenters. The van der Waals surface area contributed by atoms with Crippen molar-refractivity contribution in [2.45, 2.75) is 259 Å². The smallest absolute Gasteiger partial charge is 0.220 e. The number of hydrogen-bond donors (Lipinski definition) is 12. The Bertz CT molecular complexity index is 2100. The van der Waals surface area contributed by atoms with Crippen LogP contribution in [-0.2, 0) is 33.2 Å². The van der Waals surface area contributed by atoms with Gasteiger partial charge in [-0.15, -0.1) is 0 Å². The number of carbonyl (C=O) groups is 1. The van der Waals surface area contributed by atoms with Crippen molar-refractivity contribution in [2.24, 2.45) is 0 Å². The van der Waals surface area contributed by atoms with Gasteiger partial charge in [0.25, 0.3) is 0 Å². The van der Waals surface area contributed by atoms with Crippen LogP contribution in [0.2, 0.25) is 0 Å². The predicted molar refractivity (Wildman–Crippen MR) is 336 cm³/mol. The molecule has 12 N–H and O–H groups in total. The number of aliphatic hydroxyl groups excluding tert-OH is 11. The van der Waals surface area contributed by atoms with Crippen LogP contribution < -0.4 is 5.32 Å². The molecule has 1 amide bonds. The van der Waals surface area contributed by atoms with Crippen molar-refractivity contribution in [3.05, 3.63) is 134 Å². The van der Waals surface area contributed by atoms with Crippen molar-refractivity contribution >= 4 is 5.91 Å². The van der Waals surface area contributed by atoms with Crippen molar-refractivity contribution < 1.29 is 89.4 Å². The van der Waals surface area contributed by atoms with Crippen LogP contribution in [0.4, 0.5) is 0 Å². The number of unbranched alkanes of at least 4 members (excludes halogenated alkanes) is 9. The lowest BCUT2D eigenvalue weighted by atomic mass is 9.96. The molecule has 0 aromatic rings. The molecule has 0 bridgehead atoms. The molecule has 0 aliphatic carbocycles. The number of nitrogens with one attached hydrogen (secondary N) is 1. The Morgan fingerprint density at radius 3 is 1.24 bits per heavy atom. The number of ether oxygens (including phenoxy) is 6. The van der Waals surface area contributed by atoms with E-state index in [1.165, 1.54) is 25.7 Å². The molecule has 0 saturated carbocycles. The summed E-state index contributed by atoms with van der Waals surface area (Å²) in [5.74, 6) is -0.328. The van der Waals surface area contributed by atoms with Crippen molar-refractivity contribution in [3.63, 3.8) is 0 Å². The molecular formula is C68H109NO18. The summed E-state index contributed by atoms with van der Waals surface area (Å²) in [4.78, 5) is 13.3. The van der Waals surface area contributed by atoms with E-state index in [2.05, 4.69) is 141 Å². The number of hydrogen-bond acceptors (Lipinski definition) is 18. The van der Waals surface area contributed by atoms with Crippen LogP contribution in [0, 0.1) is 0 Å². The molecule has 0 aromatic carbocycles. The average Bonchev–Trinajstić information content (AvgIpc) is 1.04. The summed E-state index contributed by atoms with van der Waals surface area (Å²) in [6.07, 6.45) is 40.3. The van der Waals surface area contributed by atoms with Gasteiger partial charge in [-0.25, -0.2) is 0 Å². The maximum Gasteiger partial charge on any atom is 0.220 e. The zero-order chi connectivity index (χ0) is 63.3. The van der Waals surface area contributed by atoms with E-state index in [0.717, 1.165) is 103 Å². The highest BCUT2D eigenvalue weighted by Crippen LogP contribution is 2.33. The average molecular weight is 1230 g/mol. The zero-order valence-electron chi connectivity index (χ0n) is 51.7. The standard InChI is InChI=1S/C68H109NO18/c1-3-5-7-9-11-13-14-15-16-17-18-19-20-21-22-23-24-25-26-27-28-29-30-31-32-33-34-35-36-38-40-42-44-46-56(74)69-51(52(73)45-43-41-39-37-12-10-8-6-4-2)50-82-66-62(80)59(77)64(54(48-71)84-66)87-68-63(81)60(78)65(55(49-72)85-68)86-67-61(79)58(76)57(75)53(47-70)83-67/h5,7,11,13,15-16,18-19,21-22,24-25,27-28,30-31,33-34,36,38,43,45,51-55,57-68,70-73,75-81H,3-4,6,8-10,12,14,17,20,23,26,29,32,35,37,39-42,44,46-50H2,1-2H3,(H,69,74)/b7-5-,13-11-,16-15-,19-18-,22-21-,25-24-,28-27-,31-30-,34-33-,38-36-,45-43+. The Hall–Kier alpha value is -4.07. The summed E-state index contributed by atoms with van der Waals surface area (Å²) in [5.41, 5.74) is 0. The van der Waals surface area contributed by atoms with E-state index in [4.69, 9.17) is 28.4 Å². The third-order valence-corrected chi connectivity index (χ3v) is 15.0. The second-order valence-electron chi connectivity index (χ2n) is 22.1. The second kappa shape index (κ2) is 48.7. The highest BCUT2D eigenvalue weighted by Gasteiger charge is 2.53. The molecule has 87 heavy (non-hydrogen) atoms. The van der Waals surface area contributed by atoms with Crippen LogP contribution in [-0.4, -0.2) is 193 Å². The van der Waals surface area contributed by atoms with Gasteiger partial charge in [0.1, 0.15) is 73.2 Å². The fourth-order valence-electron chi connectivity index (χ4n) is 9.74. The molecule has 17 atom stereocenters. The second-order valence-corrected chi connectivity index (χ2v) is 22.1. The van der Waals surface area contributed by atoms with Crippen LogP contribution in [0.5, 0.6) is 0 Å². The third-order valence-electron chi connectivity index (χ3n) is 15.0. The van der Waals surface area contributed by atoms with Gasteiger partial charge in [-0.05, 0) is 96.3 Å². The molecule has 0 radical (unpaired) electrons. The van der Waals surface area contributed by atoms with Gasteiger partial charge in [0.15, 0.2) is 18.9 Å². The maximum atomic E-state index is 13.3. The summed E-state index contributed by atoms with van der Waals surface area (Å²) in [6, 6.07) is -1.00. The van der Waals surface area contributed by atoms with Crippen LogP contribution in [0.3, 0.4) is 0 Å². The molecule has 3 rings (SSSR count). The minimum Gasteiger partial charge on any atom is -0.394 e. The van der Waals surface area contributed by atoms with Crippen molar-refractivity contribution in [1.82, 2.24) is 5.32 Å². The first-order valence-electron chi connectivity index (χ1n) is 31.9. The summed E-state index contributed by atoms with van der Waals surface area (Å²) < 4.78 is 34.1. The van der Waals surface area contributed by atoms with Gasteiger partial charge in [0, 0.05) is 6.42 Å². The first-order chi connectivity index (χ1) is 42.3. The Kier molecular flexibility index (Phi) is 43.2. The van der Waals surface area contributed by atoms with Gasteiger partial charge in [-0.3, -0.25) is 4.79 Å². The number of rotatable bonds is 45. The summed E-state index contributed by atoms with van der Waals surface area (Å²) >= 11 is 0. The summed E-state index contributed by atoms with van der Waals surface area (Å²) in [5, 5.41) is 120. The fraction of sp³-hybridized carbons (Fsp3) is 0.662. The Morgan fingerprint density at radius 1 is 0.425 bits per heavy atom. The van der Waals surface area contributed by atoms with Crippen LogP contribution >= 0.6 is 0 Å². The maximum absolute atomic E-state index is 13.3. The molecule has 494 valence electrons. The topological polar surface area (TPSA) is 307 Å². The summed E-state index contributed by atoms with van der Waals surface area (Å²) in [6.45, 7) is 1.49. The molecule has 3 fully saturated rings. The molecule has 3 saturated heterocycles. The highest BCUT2D eigenvalue weighted by molar-refractivity contribution is 5.76. The normalized spacial score (nSPS) is 29.5. The lowest BCUT2D eigenvalue weighted by molar-refractivity contribution is -0.379. The van der Waals surface area contributed by atoms with Gasteiger partial charge < -0.3 is 89.9 Å². The molecule has 0 spiro atoms. The Labute approximate surface area is 518 Å². The predicted octanol–water partition coefficient (Wildman–Crippen LogP) is 7.04. The van der Waals surface area contributed by atoms with Gasteiger partial charge in [0.2, 0.25) is 5.91 Å². The lowest BCUT2D eigenvalue weighted by Crippen LogP contribution is -2.66. The van der Waals surface area contributed by atoms with E-state index in [-0.39, 0.29) is 18.9 Å². The largest absolute Gasteiger partial charge is 0.394 e. The van der Waals surface area contributed by atoms with E-state index in [1.54, 1.807) is 6.08 Å². The van der Waals surface area contributed by atoms with Gasteiger partial charge in [0.05, 0.1) is 38.6 Å². The number of allylic oxidation sites excluding steroid dienone is 21. The SMILES string of the molecule is CC/C=C\C/C=C\C/C=C\C/C=C\C/C=C\C/C=C\C/C=C\C/C=C\C/C=C\C/C=C\CCCCC(=O)NC(COC1OC(CO)C(OC2OC(CO)C(OC3OC(CO)C(O)C(O)C3O)C(O)C2O)C(O)C1O)C(O)/C=C/CCCCCCCCC. The molecule has 0 aromatic heterocycles.